The van der Waals surface area contributed by atoms with E-state index < -0.39 is 0 Å². The molecule has 0 aliphatic carbocycles. The van der Waals surface area contributed by atoms with Gasteiger partial charge in [0, 0.05) is 11.1 Å². The molecule has 4 aromatic rings. The van der Waals surface area contributed by atoms with Gasteiger partial charge in [-0.2, -0.15) is 4.98 Å². The molecular weight excluding hydrogens is 394 g/mol. The third-order valence-electron chi connectivity index (χ3n) is 4.39. The van der Waals surface area contributed by atoms with Crippen LogP contribution >= 0.6 is 0 Å². The lowest BCUT2D eigenvalue weighted by molar-refractivity contribution is 0.107. The second-order valence-electron chi connectivity index (χ2n) is 6.57. The van der Waals surface area contributed by atoms with Crippen LogP contribution < -0.4 is 9.47 Å². The van der Waals surface area contributed by atoms with Crippen LogP contribution in [0.15, 0.2) is 88.5 Å². The van der Waals surface area contributed by atoms with Crippen LogP contribution in [0.3, 0.4) is 0 Å². The maximum Gasteiger partial charge on any atom is 0.267 e. The fourth-order valence-corrected chi connectivity index (χ4v) is 2.83. The highest BCUT2D eigenvalue weighted by Crippen LogP contribution is 2.28. The lowest BCUT2D eigenvalue weighted by Crippen LogP contribution is -1.98. The topological polar surface area (TPSA) is 79.0 Å². The average Bonchev–Trinajstić information content (AvgIpc) is 3.31. The van der Waals surface area contributed by atoms with Crippen LogP contribution in [-0.4, -0.2) is 23.5 Å². The van der Waals surface area contributed by atoms with E-state index in [1.54, 1.807) is 13.3 Å². The molecule has 7 heteroatoms. The van der Waals surface area contributed by atoms with Crippen molar-refractivity contribution in [2.45, 2.75) is 13.2 Å². The molecule has 0 saturated heterocycles. The van der Waals surface area contributed by atoms with E-state index in [1.807, 2.05) is 78.9 Å². The summed E-state index contributed by atoms with van der Waals surface area (Å²) in [5.41, 5.74) is 2.77. The summed E-state index contributed by atoms with van der Waals surface area (Å²) in [7, 11) is 1.60. The summed E-state index contributed by atoms with van der Waals surface area (Å²) < 4.78 is 16.5. The van der Waals surface area contributed by atoms with Crippen molar-refractivity contribution < 1.29 is 18.8 Å². The van der Waals surface area contributed by atoms with Gasteiger partial charge in [0.25, 0.3) is 5.89 Å². The molecular formula is C24H21N3O4. The van der Waals surface area contributed by atoms with Crippen molar-refractivity contribution in [1.82, 2.24) is 10.1 Å². The summed E-state index contributed by atoms with van der Waals surface area (Å²) >= 11 is 0. The zero-order valence-corrected chi connectivity index (χ0v) is 17.0. The van der Waals surface area contributed by atoms with Crippen LogP contribution in [0, 0.1) is 0 Å². The van der Waals surface area contributed by atoms with E-state index in [9.17, 15) is 0 Å². The fourth-order valence-electron chi connectivity index (χ4n) is 2.83. The largest absolute Gasteiger partial charge is 0.493 e. The molecule has 0 saturated carbocycles. The summed E-state index contributed by atoms with van der Waals surface area (Å²) in [6, 6.07) is 25.1. The SMILES string of the molecule is COc1cc(/C=N/OCc2nc(-c3ccccc3)no2)ccc1OCc1ccccc1. The first-order chi connectivity index (χ1) is 15.3. The Labute approximate surface area is 179 Å². The summed E-state index contributed by atoms with van der Waals surface area (Å²) in [5, 5.41) is 7.92. The van der Waals surface area contributed by atoms with Crippen molar-refractivity contribution in [2.24, 2.45) is 5.16 Å². The number of rotatable bonds is 9. The second-order valence-corrected chi connectivity index (χ2v) is 6.57. The number of ether oxygens (including phenoxy) is 2. The summed E-state index contributed by atoms with van der Waals surface area (Å²) in [6.45, 7) is 0.536. The van der Waals surface area contributed by atoms with E-state index in [2.05, 4.69) is 15.3 Å². The molecule has 0 amide bonds. The van der Waals surface area contributed by atoms with Gasteiger partial charge in [-0.1, -0.05) is 71.0 Å². The zero-order chi connectivity index (χ0) is 21.3. The van der Waals surface area contributed by atoms with Gasteiger partial charge in [-0.15, -0.1) is 0 Å². The molecule has 4 rings (SSSR count). The number of benzene rings is 3. The quantitative estimate of drug-likeness (QED) is 0.286. The van der Waals surface area contributed by atoms with Gasteiger partial charge in [-0.3, -0.25) is 0 Å². The molecule has 1 heterocycles. The molecule has 0 N–H and O–H groups in total. The predicted molar refractivity (Wildman–Crippen MR) is 116 cm³/mol. The molecule has 0 fully saturated rings. The molecule has 0 aliphatic rings. The highest BCUT2D eigenvalue weighted by atomic mass is 16.6. The Morgan fingerprint density at radius 3 is 2.45 bits per heavy atom. The lowest BCUT2D eigenvalue weighted by atomic mass is 10.2. The molecule has 0 radical (unpaired) electrons. The minimum absolute atomic E-state index is 0.0751. The summed E-state index contributed by atoms with van der Waals surface area (Å²) in [4.78, 5) is 9.58. The number of hydrogen-bond donors (Lipinski definition) is 0. The zero-order valence-electron chi connectivity index (χ0n) is 17.0. The molecule has 3 aromatic carbocycles. The Morgan fingerprint density at radius 2 is 1.68 bits per heavy atom. The monoisotopic (exact) mass is 415 g/mol. The molecule has 31 heavy (non-hydrogen) atoms. The highest BCUT2D eigenvalue weighted by Gasteiger charge is 2.09. The van der Waals surface area contributed by atoms with E-state index >= 15 is 0 Å². The van der Waals surface area contributed by atoms with Crippen molar-refractivity contribution in [3.8, 4) is 22.9 Å². The Bertz CT molecular complexity index is 1130. The van der Waals surface area contributed by atoms with E-state index in [0.717, 1.165) is 16.7 Å². The van der Waals surface area contributed by atoms with Gasteiger partial charge < -0.3 is 18.8 Å². The maximum absolute atomic E-state index is 5.86. The summed E-state index contributed by atoms with van der Waals surface area (Å²) in [6.07, 6.45) is 1.58. The van der Waals surface area contributed by atoms with Crippen LogP contribution in [0.4, 0.5) is 0 Å². The first kappa shape index (κ1) is 20.2. The van der Waals surface area contributed by atoms with E-state index in [-0.39, 0.29) is 6.61 Å². The molecule has 0 bridgehead atoms. The van der Waals surface area contributed by atoms with Gasteiger partial charge in [0.05, 0.1) is 13.3 Å². The van der Waals surface area contributed by atoms with E-state index in [1.165, 1.54) is 0 Å². The van der Waals surface area contributed by atoms with Crippen LogP contribution in [0.5, 0.6) is 11.5 Å². The molecule has 156 valence electrons. The first-order valence-electron chi connectivity index (χ1n) is 9.70. The van der Waals surface area contributed by atoms with Crippen LogP contribution in [0.2, 0.25) is 0 Å². The minimum Gasteiger partial charge on any atom is -0.493 e. The van der Waals surface area contributed by atoms with E-state index in [0.29, 0.717) is 29.8 Å². The number of methoxy groups -OCH3 is 1. The maximum atomic E-state index is 5.86. The Hall–Kier alpha value is -4.13. The lowest BCUT2D eigenvalue weighted by Gasteiger charge is -2.11. The number of nitrogens with zero attached hydrogens (tertiary/aromatic N) is 3. The predicted octanol–water partition coefficient (Wildman–Crippen LogP) is 4.87. The Kier molecular flexibility index (Phi) is 6.54. The number of aromatic nitrogens is 2. The highest BCUT2D eigenvalue weighted by molar-refractivity contribution is 5.80. The molecule has 7 nitrogen and oxygen atoms in total. The number of hydrogen-bond acceptors (Lipinski definition) is 7. The van der Waals surface area contributed by atoms with Crippen molar-refractivity contribution in [1.29, 1.82) is 0 Å². The third-order valence-corrected chi connectivity index (χ3v) is 4.39. The summed E-state index contributed by atoms with van der Waals surface area (Å²) in [5.74, 6) is 2.13. The minimum atomic E-state index is 0.0751. The molecule has 0 spiro atoms. The fraction of sp³-hybridized carbons (Fsp3) is 0.125. The average molecular weight is 415 g/mol. The molecule has 1 aromatic heterocycles. The Morgan fingerprint density at radius 1 is 0.903 bits per heavy atom. The number of oxime groups is 1. The van der Waals surface area contributed by atoms with Crippen LogP contribution in [0.1, 0.15) is 17.0 Å². The third kappa shape index (κ3) is 5.48. The van der Waals surface area contributed by atoms with Crippen molar-refractivity contribution in [3.05, 3.63) is 95.9 Å². The van der Waals surface area contributed by atoms with Crippen LogP contribution in [0.25, 0.3) is 11.4 Å². The Balaban J connectivity index is 1.32. The van der Waals surface area contributed by atoms with Crippen molar-refractivity contribution in [2.75, 3.05) is 7.11 Å². The van der Waals surface area contributed by atoms with Gasteiger partial charge in [0.2, 0.25) is 5.82 Å². The van der Waals surface area contributed by atoms with Crippen molar-refractivity contribution in [3.63, 3.8) is 0 Å². The van der Waals surface area contributed by atoms with Crippen molar-refractivity contribution >= 4 is 6.21 Å². The van der Waals surface area contributed by atoms with Gasteiger partial charge in [-0.25, -0.2) is 0 Å². The van der Waals surface area contributed by atoms with E-state index in [4.69, 9.17) is 18.8 Å². The molecule has 0 unspecified atom stereocenters. The van der Waals surface area contributed by atoms with Gasteiger partial charge >= 0.3 is 0 Å². The normalized spacial score (nSPS) is 10.9. The molecule has 0 aliphatic heterocycles. The van der Waals surface area contributed by atoms with Gasteiger partial charge in [0.1, 0.15) is 6.61 Å². The second kappa shape index (κ2) is 10.1. The smallest absolute Gasteiger partial charge is 0.267 e. The van der Waals surface area contributed by atoms with Crippen LogP contribution in [-0.2, 0) is 18.1 Å². The van der Waals surface area contributed by atoms with Gasteiger partial charge in [0.15, 0.2) is 18.1 Å². The standard InChI is InChI=1S/C24H21N3O4/c1-28-22-14-19(12-13-21(22)29-16-18-8-4-2-5-9-18)15-25-30-17-23-26-24(27-31-23)20-10-6-3-7-11-20/h2-15H,16-17H2,1H3/b25-15+. The van der Waals surface area contributed by atoms with Gasteiger partial charge in [-0.05, 0) is 23.8 Å². The first-order valence-corrected chi connectivity index (χ1v) is 9.70. The molecule has 0 atom stereocenters.